The molecule has 0 atom stereocenters. The molecule has 1 aliphatic heterocycles. The first kappa shape index (κ1) is 14.9. The van der Waals surface area contributed by atoms with Gasteiger partial charge >= 0.3 is 0 Å². The van der Waals surface area contributed by atoms with Crippen LogP contribution in [0, 0.1) is 0 Å². The van der Waals surface area contributed by atoms with Gasteiger partial charge in [0.25, 0.3) is 5.91 Å². The highest BCUT2D eigenvalue weighted by Gasteiger charge is 2.20. The van der Waals surface area contributed by atoms with Gasteiger partial charge in [0, 0.05) is 24.4 Å². The van der Waals surface area contributed by atoms with Crippen molar-refractivity contribution in [3.05, 3.63) is 10.6 Å². The van der Waals surface area contributed by atoms with Crippen molar-refractivity contribution in [3.63, 3.8) is 0 Å². The fraction of sp³-hybridized carbons (Fsp3) is 0.733. The van der Waals surface area contributed by atoms with Crippen LogP contribution in [0.2, 0.25) is 0 Å². The number of carbonyl (C=O) groups is 1. The zero-order chi connectivity index (χ0) is 14.7. The Hall–Kier alpha value is -0.980. The summed E-state index contributed by atoms with van der Waals surface area (Å²) < 4.78 is 5.69. The maximum absolute atomic E-state index is 12.0. The second-order valence-corrected chi connectivity index (χ2v) is 7.08. The molecule has 1 aromatic rings. The van der Waals surface area contributed by atoms with E-state index in [1.807, 2.05) is 0 Å². The third-order valence-corrected chi connectivity index (χ3v) is 5.17. The zero-order valence-corrected chi connectivity index (χ0v) is 13.4. The van der Waals surface area contributed by atoms with Gasteiger partial charge in [-0.25, -0.2) is 4.98 Å². The van der Waals surface area contributed by atoms with Crippen LogP contribution in [0.15, 0.2) is 0 Å². The summed E-state index contributed by atoms with van der Waals surface area (Å²) in [6.45, 7) is 2.12. The van der Waals surface area contributed by atoms with Gasteiger partial charge in [-0.15, -0.1) is 11.3 Å². The molecule has 0 bridgehead atoms. The molecule has 1 aliphatic carbocycles. The monoisotopic (exact) mass is 309 g/mol. The molecule has 5 nitrogen and oxygen atoms in total. The molecule has 116 valence electrons. The number of nitrogens with one attached hydrogen (secondary N) is 1. The summed E-state index contributed by atoms with van der Waals surface area (Å²) in [6, 6.07) is 0. The molecule has 0 aromatic carbocycles. The second kappa shape index (κ2) is 6.85. The standard InChI is InChI=1S/C15H23N3O2S/c1-18-8-7-12-13(9-18)21-15(16-12)17-14(19)10-20-11-5-3-2-4-6-11/h11H,2-10H2,1H3,(H,16,17,19). The molecule has 2 heterocycles. The lowest BCUT2D eigenvalue weighted by atomic mass is 9.98. The molecule has 1 aromatic heterocycles. The van der Waals surface area contributed by atoms with E-state index in [1.165, 1.54) is 24.1 Å². The Morgan fingerprint density at radius 3 is 3.05 bits per heavy atom. The Kier molecular flexibility index (Phi) is 4.87. The molecule has 1 fully saturated rings. The van der Waals surface area contributed by atoms with Gasteiger partial charge in [0.1, 0.15) is 6.61 Å². The van der Waals surface area contributed by atoms with E-state index in [2.05, 4.69) is 22.2 Å². The number of carbonyl (C=O) groups excluding carboxylic acids is 1. The first-order valence-electron chi connectivity index (χ1n) is 7.79. The van der Waals surface area contributed by atoms with E-state index in [-0.39, 0.29) is 18.6 Å². The minimum atomic E-state index is -0.0833. The SMILES string of the molecule is CN1CCc2nc(NC(=O)COC3CCCCC3)sc2C1. The number of nitrogens with zero attached hydrogens (tertiary/aromatic N) is 2. The van der Waals surface area contributed by atoms with Crippen LogP contribution in [0.1, 0.15) is 42.7 Å². The van der Waals surface area contributed by atoms with Crippen LogP contribution < -0.4 is 5.32 Å². The number of likely N-dealkylation sites (N-methyl/N-ethyl adjacent to an activating group) is 1. The van der Waals surface area contributed by atoms with Gasteiger partial charge in [-0.1, -0.05) is 19.3 Å². The highest BCUT2D eigenvalue weighted by Crippen LogP contribution is 2.27. The van der Waals surface area contributed by atoms with Crippen LogP contribution in [-0.2, 0) is 22.5 Å². The molecule has 21 heavy (non-hydrogen) atoms. The Bertz CT molecular complexity index is 497. The second-order valence-electron chi connectivity index (χ2n) is 6.00. The van der Waals surface area contributed by atoms with Gasteiger partial charge in [-0.3, -0.25) is 10.1 Å². The smallest absolute Gasteiger partial charge is 0.252 e. The number of hydrogen-bond acceptors (Lipinski definition) is 5. The molecule has 0 saturated heterocycles. The van der Waals surface area contributed by atoms with Crippen LogP contribution in [-0.4, -0.2) is 42.1 Å². The van der Waals surface area contributed by atoms with Crippen molar-refractivity contribution in [2.45, 2.75) is 51.2 Å². The van der Waals surface area contributed by atoms with Crippen molar-refractivity contribution in [1.82, 2.24) is 9.88 Å². The third kappa shape index (κ3) is 4.02. The minimum Gasteiger partial charge on any atom is -0.368 e. The molecule has 3 rings (SSSR count). The predicted molar refractivity (Wildman–Crippen MR) is 83.6 cm³/mol. The molecular formula is C15H23N3O2S. The zero-order valence-electron chi connectivity index (χ0n) is 12.6. The van der Waals surface area contributed by atoms with E-state index in [9.17, 15) is 4.79 Å². The fourth-order valence-corrected chi connectivity index (χ4v) is 4.06. The largest absolute Gasteiger partial charge is 0.368 e. The first-order chi connectivity index (χ1) is 10.2. The predicted octanol–water partition coefficient (Wildman–Crippen LogP) is 2.42. The van der Waals surface area contributed by atoms with Crippen molar-refractivity contribution in [1.29, 1.82) is 0 Å². The summed E-state index contributed by atoms with van der Waals surface area (Å²) in [5, 5.41) is 3.59. The number of anilines is 1. The van der Waals surface area contributed by atoms with Crippen LogP contribution in [0.5, 0.6) is 0 Å². The van der Waals surface area contributed by atoms with Crippen molar-refractivity contribution in [2.24, 2.45) is 0 Å². The molecule has 6 heteroatoms. The maximum Gasteiger partial charge on any atom is 0.252 e. The average Bonchev–Trinajstić information content (AvgIpc) is 2.87. The molecule has 1 saturated carbocycles. The number of thiazole rings is 1. The molecule has 0 radical (unpaired) electrons. The molecule has 1 N–H and O–H groups in total. The number of aromatic nitrogens is 1. The van der Waals surface area contributed by atoms with E-state index in [0.29, 0.717) is 5.13 Å². The van der Waals surface area contributed by atoms with E-state index in [0.717, 1.165) is 38.0 Å². The van der Waals surface area contributed by atoms with E-state index in [4.69, 9.17) is 4.74 Å². The lowest BCUT2D eigenvalue weighted by Gasteiger charge is -2.21. The van der Waals surface area contributed by atoms with Crippen LogP contribution in [0.4, 0.5) is 5.13 Å². The highest BCUT2D eigenvalue weighted by molar-refractivity contribution is 7.15. The van der Waals surface area contributed by atoms with Crippen LogP contribution in [0.3, 0.4) is 0 Å². The van der Waals surface area contributed by atoms with E-state index >= 15 is 0 Å². The summed E-state index contributed by atoms with van der Waals surface area (Å²) in [5.74, 6) is -0.0833. The summed E-state index contributed by atoms with van der Waals surface area (Å²) in [4.78, 5) is 20.0. The number of amides is 1. The minimum absolute atomic E-state index is 0.0833. The quantitative estimate of drug-likeness (QED) is 0.928. The molecular weight excluding hydrogens is 286 g/mol. The fourth-order valence-electron chi connectivity index (χ4n) is 2.96. The Morgan fingerprint density at radius 1 is 1.43 bits per heavy atom. The number of fused-ring (bicyclic) bond motifs is 1. The Morgan fingerprint density at radius 2 is 2.24 bits per heavy atom. The lowest BCUT2D eigenvalue weighted by molar-refractivity contribution is -0.123. The first-order valence-corrected chi connectivity index (χ1v) is 8.61. The number of ether oxygens (including phenoxy) is 1. The summed E-state index contributed by atoms with van der Waals surface area (Å²) >= 11 is 1.59. The van der Waals surface area contributed by atoms with Gasteiger partial charge in [0.2, 0.25) is 0 Å². The van der Waals surface area contributed by atoms with Crippen LogP contribution >= 0.6 is 11.3 Å². The topological polar surface area (TPSA) is 54.5 Å². The number of rotatable bonds is 4. The Labute approximate surface area is 129 Å². The number of hydrogen-bond donors (Lipinski definition) is 1. The van der Waals surface area contributed by atoms with Gasteiger partial charge in [-0.05, 0) is 19.9 Å². The summed E-state index contributed by atoms with van der Waals surface area (Å²) in [7, 11) is 2.11. The molecule has 0 spiro atoms. The third-order valence-electron chi connectivity index (χ3n) is 4.17. The Balaban J connectivity index is 1.48. The maximum atomic E-state index is 12.0. The molecule has 2 aliphatic rings. The van der Waals surface area contributed by atoms with Gasteiger partial charge in [0.15, 0.2) is 5.13 Å². The van der Waals surface area contributed by atoms with E-state index < -0.39 is 0 Å². The summed E-state index contributed by atoms with van der Waals surface area (Å²) in [6.07, 6.45) is 7.15. The normalized spacial score (nSPS) is 20.2. The molecule has 0 unspecified atom stereocenters. The van der Waals surface area contributed by atoms with Gasteiger partial charge in [-0.2, -0.15) is 0 Å². The highest BCUT2D eigenvalue weighted by atomic mass is 32.1. The van der Waals surface area contributed by atoms with Crippen molar-refractivity contribution in [3.8, 4) is 0 Å². The summed E-state index contributed by atoms with van der Waals surface area (Å²) in [5.41, 5.74) is 1.14. The van der Waals surface area contributed by atoms with Crippen molar-refractivity contribution in [2.75, 3.05) is 25.5 Å². The van der Waals surface area contributed by atoms with E-state index in [1.54, 1.807) is 11.3 Å². The lowest BCUT2D eigenvalue weighted by Crippen LogP contribution is -2.25. The van der Waals surface area contributed by atoms with Crippen molar-refractivity contribution < 1.29 is 9.53 Å². The van der Waals surface area contributed by atoms with Gasteiger partial charge < -0.3 is 9.64 Å². The van der Waals surface area contributed by atoms with Crippen LogP contribution in [0.25, 0.3) is 0 Å². The molecule has 1 amide bonds. The van der Waals surface area contributed by atoms with Gasteiger partial charge in [0.05, 0.1) is 11.8 Å². The average molecular weight is 309 g/mol. The van der Waals surface area contributed by atoms with Crippen molar-refractivity contribution >= 4 is 22.4 Å².